The molecule has 28 heavy (non-hydrogen) atoms. The topological polar surface area (TPSA) is 66.6 Å². The molecule has 0 heterocycles. The van der Waals surface area contributed by atoms with Crippen molar-refractivity contribution in [3.63, 3.8) is 0 Å². The number of rotatable bonds is 9. The van der Waals surface area contributed by atoms with E-state index in [4.69, 9.17) is 5.73 Å². The van der Waals surface area contributed by atoms with Gasteiger partial charge in [0.1, 0.15) is 0 Å². The third-order valence-electron chi connectivity index (χ3n) is 4.69. The van der Waals surface area contributed by atoms with Crippen molar-refractivity contribution in [2.24, 2.45) is 11.7 Å². The fraction of sp³-hybridized carbons (Fsp3) is 0.391. The van der Waals surface area contributed by atoms with Crippen molar-refractivity contribution in [1.82, 2.24) is 9.80 Å². The van der Waals surface area contributed by atoms with E-state index in [0.29, 0.717) is 31.7 Å². The molecule has 0 fully saturated rings. The van der Waals surface area contributed by atoms with E-state index in [0.717, 1.165) is 12.0 Å². The van der Waals surface area contributed by atoms with Crippen LogP contribution >= 0.6 is 0 Å². The lowest BCUT2D eigenvalue weighted by Gasteiger charge is -2.23. The maximum Gasteiger partial charge on any atom is 0.253 e. The Hall–Kier alpha value is -2.66. The van der Waals surface area contributed by atoms with E-state index >= 15 is 0 Å². The maximum atomic E-state index is 12.9. The molecule has 150 valence electrons. The Morgan fingerprint density at radius 3 is 2.14 bits per heavy atom. The molecular weight excluding hydrogens is 350 g/mol. The zero-order valence-electron chi connectivity index (χ0n) is 17.1. The minimum atomic E-state index is -0.0275. The molecule has 0 aliphatic carbocycles. The first-order valence-corrected chi connectivity index (χ1v) is 9.79. The molecule has 2 amide bonds. The van der Waals surface area contributed by atoms with E-state index in [1.165, 1.54) is 5.56 Å². The first kappa shape index (κ1) is 21.6. The van der Waals surface area contributed by atoms with Crippen LogP contribution in [-0.2, 0) is 17.8 Å². The molecule has 2 rings (SSSR count). The Morgan fingerprint density at radius 2 is 1.57 bits per heavy atom. The van der Waals surface area contributed by atoms with Gasteiger partial charge in [0.2, 0.25) is 5.91 Å². The van der Waals surface area contributed by atoms with Gasteiger partial charge in [-0.3, -0.25) is 9.59 Å². The van der Waals surface area contributed by atoms with Crippen LogP contribution in [0.15, 0.2) is 54.6 Å². The number of hydrogen-bond acceptors (Lipinski definition) is 3. The smallest absolute Gasteiger partial charge is 0.253 e. The van der Waals surface area contributed by atoms with Crippen LogP contribution in [0.1, 0.15) is 35.3 Å². The third kappa shape index (κ3) is 6.20. The summed E-state index contributed by atoms with van der Waals surface area (Å²) in [5, 5.41) is 0. The molecule has 0 saturated carbocycles. The van der Waals surface area contributed by atoms with Crippen LogP contribution < -0.4 is 5.73 Å². The lowest BCUT2D eigenvalue weighted by molar-refractivity contribution is -0.133. The molecule has 5 nitrogen and oxygen atoms in total. The van der Waals surface area contributed by atoms with E-state index < -0.39 is 0 Å². The second kappa shape index (κ2) is 10.6. The molecule has 0 bridgehead atoms. The highest BCUT2D eigenvalue weighted by atomic mass is 16.2. The SMILES string of the molecule is CC(C)C(=O)N(C)Cc1ccc(C(=O)N(CCN)CCc2ccccc2)cc1. The second-order valence-corrected chi connectivity index (χ2v) is 7.36. The van der Waals surface area contributed by atoms with Gasteiger partial charge in [-0.2, -0.15) is 0 Å². The normalized spacial score (nSPS) is 10.8. The van der Waals surface area contributed by atoms with E-state index in [1.807, 2.05) is 56.3 Å². The van der Waals surface area contributed by atoms with Gasteiger partial charge >= 0.3 is 0 Å². The van der Waals surface area contributed by atoms with Crippen molar-refractivity contribution in [2.45, 2.75) is 26.8 Å². The van der Waals surface area contributed by atoms with Gasteiger partial charge in [-0.05, 0) is 29.7 Å². The van der Waals surface area contributed by atoms with Gasteiger partial charge in [0.25, 0.3) is 5.91 Å². The molecule has 5 heteroatoms. The van der Waals surface area contributed by atoms with Gasteiger partial charge in [0, 0.05) is 44.7 Å². The summed E-state index contributed by atoms with van der Waals surface area (Å²) in [6, 6.07) is 17.6. The quantitative estimate of drug-likeness (QED) is 0.726. The van der Waals surface area contributed by atoms with Gasteiger partial charge in [0.05, 0.1) is 0 Å². The van der Waals surface area contributed by atoms with Gasteiger partial charge in [0.15, 0.2) is 0 Å². The number of carbonyl (C=O) groups excluding carboxylic acids is 2. The Balaban J connectivity index is 2.01. The number of nitrogens with two attached hydrogens (primary N) is 1. The molecule has 0 aliphatic rings. The molecule has 0 atom stereocenters. The van der Waals surface area contributed by atoms with Crippen LogP contribution in [0.4, 0.5) is 0 Å². The molecule has 0 unspecified atom stereocenters. The molecule has 0 aromatic heterocycles. The third-order valence-corrected chi connectivity index (χ3v) is 4.69. The molecule has 2 aromatic rings. The summed E-state index contributed by atoms with van der Waals surface area (Å²) in [4.78, 5) is 28.4. The minimum Gasteiger partial charge on any atom is -0.341 e. The Bertz CT molecular complexity index is 757. The minimum absolute atomic E-state index is 0.0143. The molecule has 0 aliphatic heterocycles. The predicted octanol–water partition coefficient (Wildman–Crippen LogP) is 2.94. The summed E-state index contributed by atoms with van der Waals surface area (Å²) in [7, 11) is 1.80. The van der Waals surface area contributed by atoms with Crippen LogP contribution in [-0.4, -0.2) is 48.3 Å². The van der Waals surface area contributed by atoms with Crippen LogP contribution in [0.2, 0.25) is 0 Å². The lowest BCUT2D eigenvalue weighted by atomic mass is 10.1. The Kier molecular flexibility index (Phi) is 8.20. The fourth-order valence-electron chi connectivity index (χ4n) is 3.11. The van der Waals surface area contributed by atoms with Crippen LogP contribution in [0.25, 0.3) is 0 Å². The van der Waals surface area contributed by atoms with Crippen LogP contribution in [0, 0.1) is 5.92 Å². The lowest BCUT2D eigenvalue weighted by Crippen LogP contribution is -2.37. The first-order valence-electron chi connectivity index (χ1n) is 9.79. The van der Waals surface area contributed by atoms with Crippen molar-refractivity contribution < 1.29 is 9.59 Å². The van der Waals surface area contributed by atoms with E-state index in [9.17, 15) is 9.59 Å². The largest absolute Gasteiger partial charge is 0.341 e. The van der Waals surface area contributed by atoms with Crippen molar-refractivity contribution in [3.05, 3.63) is 71.3 Å². The average Bonchev–Trinajstić information content (AvgIpc) is 2.71. The summed E-state index contributed by atoms with van der Waals surface area (Å²) in [5.41, 5.74) is 8.56. The average molecular weight is 382 g/mol. The summed E-state index contributed by atoms with van der Waals surface area (Å²) >= 11 is 0. The van der Waals surface area contributed by atoms with E-state index in [2.05, 4.69) is 12.1 Å². The summed E-state index contributed by atoms with van der Waals surface area (Å²) in [6.45, 7) is 5.91. The second-order valence-electron chi connectivity index (χ2n) is 7.36. The standard InChI is InChI=1S/C23H31N3O2/c1-18(2)22(27)25(3)17-20-9-11-21(12-10-20)23(28)26(16-14-24)15-13-19-7-5-4-6-8-19/h4-12,18H,13-17,24H2,1-3H3. The molecular formula is C23H31N3O2. The summed E-state index contributed by atoms with van der Waals surface area (Å²) < 4.78 is 0. The molecule has 0 radical (unpaired) electrons. The van der Waals surface area contributed by atoms with Gasteiger partial charge < -0.3 is 15.5 Å². The summed E-state index contributed by atoms with van der Waals surface area (Å²) in [6.07, 6.45) is 0.798. The number of benzene rings is 2. The highest BCUT2D eigenvalue weighted by molar-refractivity contribution is 5.94. The van der Waals surface area contributed by atoms with Gasteiger partial charge in [-0.25, -0.2) is 0 Å². The van der Waals surface area contributed by atoms with Gasteiger partial charge in [-0.1, -0.05) is 56.3 Å². The number of amides is 2. The van der Waals surface area contributed by atoms with Crippen molar-refractivity contribution in [3.8, 4) is 0 Å². The monoisotopic (exact) mass is 381 g/mol. The van der Waals surface area contributed by atoms with Gasteiger partial charge in [-0.15, -0.1) is 0 Å². The first-order chi connectivity index (χ1) is 13.4. The highest BCUT2D eigenvalue weighted by Crippen LogP contribution is 2.12. The maximum absolute atomic E-state index is 12.9. The number of carbonyl (C=O) groups is 2. The van der Waals surface area contributed by atoms with Crippen LogP contribution in [0.5, 0.6) is 0 Å². The number of nitrogens with zero attached hydrogens (tertiary/aromatic N) is 2. The predicted molar refractivity (Wildman–Crippen MR) is 113 cm³/mol. The van der Waals surface area contributed by atoms with E-state index in [-0.39, 0.29) is 17.7 Å². The zero-order valence-corrected chi connectivity index (χ0v) is 17.1. The van der Waals surface area contributed by atoms with Crippen LogP contribution in [0.3, 0.4) is 0 Å². The van der Waals surface area contributed by atoms with Crippen molar-refractivity contribution >= 4 is 11.8 Å². The van der Waals surface area contributed by atoms with Crippen molar-refractivity contribution in [1.29, 1.82) is 0 Å². The number of hydrogen-bond donors (Lipinski definition) is 1. The molecule has 2 aromatic carbocycles. The zero-order chi connectivity index (χ0) is 20.5. The molecule has 0 spiro atoms. The molecule has 0 saturated heterocycles. The fourth-order valence-corrected chi connectivity index (χ4v) is 3.11. The highest BCUT2D eigenvalue weighted by Gasteiger charge is 2.16. The molecule has 2 N–H and O–H groups in total. The Morgan fingerprint density at radius 1 is 0.929 bits per heavy atom. The van der Waals surface area contributed by atoms with Crippen molar-refractivity contribution in [2.75, 3.05) is 26.7 Å². The Labute approximate surface area is 168 Å². The van der Waals surface area contributed by atoms with E-state index in [1.54, 1.807) is 16.8 Å². The summed E-state index contributed by atoms with van der Waals surface area (Å²) in [5.74, 6) is 0.0648.